The summed E-state index contributed by atoms with van der Waals surface area (Å²) in [6.07, 6.45) is 0.164. The minimum atomic E-state index is -0.417. The Hall–Kier alpha value is -1.89. The Morgan fingerprint density at radius 2 is 1.67 bits per heavy atom. The molecule has 4 nitrogen and oxygen atoms in total. The maximum Gasteiger partial charge on any atom is 0.310 e. The second-order valence-electron chi connectivity index (χ2n) is 4.35. The summed E-state index contributed by atoms with van der Waals surface area (Å²) in [6, 6.07) is 16.7. The number of rotatable bonds is 5. The summed E-state index contributed by atoms with van der Waals surface area (Å²) >= 11 is 2.13. The lowest BCUT2D eigenvalue weighted by atomic mass is 10.2. The Bertz CT molecular complexity index is 628. The fourth-order valence-electron chi connectivity index (χ4n) is 1.71. The van der Waals surface area contributed by atoms with Crippen molar-refractivity contribution in [2.45, 2.75) is 6.42 Å². The maximum absolute atomic E-state index is 11.7. The molecule has 21 heavy (non-hydrogen) atoms. The third kappa shape index (κ3) is 5.18. The molecule has 0 aromatic heterocycles. The number of ether oxygens (including phenoxy) is 1. The summed E-state index contributed by atoms with van der Waals surface area (Å²) in [5, 5.41) is 2.71. The first-order chi connectivity index (χ1) is 10.1. The van der Waals surface area contributed by atoms with Crippen LogP contribution in [0.2, 0.25) is 0 Å². The van der Waals surface area contributed by atoms with Gasteiger partial charge in [0.15, 0.2) is 6.61 Å². The second kappa shape index (κ2) is 7.78. The van der Waals surface area contributed by atoms with E-state index in [1.807, 2.05) is 48.5 Å². The molecule has 0 bridgehead atoms. The topological polar surface area (TPSA) is 55.4 Å². The Morgan fingerprint density at radius 1 is 1.00 bits per heavy atom. The number of carbonyl (C=O) groups is 2. The second-order valence-corrected chi connectivity index (χ2v) is 5.51. The summed E-state index contributed by atoms with van der Waals surface area (Å²) in [5.41, 5.74) is 1.57. The van der Waals surface area contributed by atoms with Gasteiger partial charge in [-0.05, 0) is 40.3 Å². The van der Waals surface area contributed by atoms with Crippen LogP contribution in [0, 0.1) is 3.57 Å². The minimum absolute atomic E-state index is 0.164. The van der Waals surface area contributed by atoms with Crippen LogP contribution in [-0.4, -0.2) is 18.5 Å². The van der Waals surface area contributed by atoms with Gasteiger partial charge in [-0.15, -0.1) is 0 Å². The van der Waals surface area contributed by atoms with Gasteiger partial charge >= 0.3 is 5.97 Å². The highest BCUT2D eigenvalue weighted by Crippen LogP contribution is 2.16. The van der Waals surface area contributed by atoms with Gasteiger partial charge in [0, 0.05) is 3.57 Å². The van der Waals surface area contributed by atoms with E-state index >= 15 is 0 Å². The number of para-hydroxylation sites is 1. The zero-order valence-corrected chi connectivity index (χ0v) is 13.4. The standard InChI is InChI=1S/C16H14INO3/c17-13-8-4-5-9-14(13)18-15(19)11-21-16(20)10-12-6-2-1-3-7-12/h1-9H,10-11H2,(H,18,19). The van der Waals surface area contributed by atoms with E-state index in [2.05, 4.69) is 27.9 Å². The molecule has 2 aromatic rings. The van der Waals surface area contributed by atoms with E-state index in [0.29, 0.717) is 5.69 Å². The largest absolute Gasteiger partial charge is 0.455 e. The van der Waals surface area contributed by atoms with Crippen LogP contribution in [0.15, 0.2) is 54.6 Å². The monoisotopic (exact) mass is 395 g/mol. The molecule has 2 rings (SSSR count). The molecule has 0 saturated heterocycles. The quantitative estimate of drug-likeness (QED) is 0.626. The highest BCUT2D eigenvalue weighted by molar-refractivity contribution is 14.1. The van der Waals surface area contributed by atoms with Crippen molar-refractivity contribution in [3.8, 4) is 0 Å². The molecule has 0 radical (unpaired) electrons. The fourth-order valence-corrected chi connectivity index (χ4v) is 2.23. The van der Waals surface area contributed by atoms with E-state index in [9.17, 15) is 9.59 Å². The molecule has 0 saturated carbocycles. The molecule has 0 unspecified atom stereocenters. The van der Waals surface area contributed by atoms with E-state index in [4.69, 9.17) is 4.74 Å². The normalized spacial score (nSPS) is 9.95. The van der Waals surface area contributed by atoms with E-state index < -0.39 is 5.97 Å². The van der Waals surface area contributed by atoms with Crippen molar-refractivity contribution in [2.75, 3.05) is 11.9 Å². The first-order valence-electron chi connectivity index (χ1n) is 6.39. The van der Waals surface area contributed by atoms with Crippen LogP contribution in [0.3, 0.4) is 0 Å². The molecule has 2 aromatic carbocycles. The van der Waals surface area contributed by atoms with E-state index in [1.165, 1.54) is 0 Å². The summed E-state index contributed by atoms with van der Waals surface area (Å²) in [5.74, 6) is -0.764. The molecule has 0 aliphatic carbocycles. The van der Waals surface area contributed by atoms with Crippen LogP contribution in [0.4, 0.5) is 5.69 Å². The fraction of sp³-hybridized carbons (Fsp3) is 0.125. The molecule has 0 aliphatic rings. The maximum atomic E-state index is 11.7. The number of anilines is 1. The number of halogens is 1. The zero-order valence-electron chi connectivity index (χ0n) is 11.2. The Morgan fingerprint density at radius 3 is 2.38 bits per heavy atom. The predicted molar refractivity (Wildman–Crippen MR) is 88.9 cm³/mol. The summed E-state index contributed by atoms with van der Waals surface area (Å²) in [4.78, 5) is 23.4. The lowest BCUT2D eigenvalue weighted by Gasteiger charge is -2.08. The summed E-state index contributed by atoms with van der Waals surface area (Å²) in [7, 11) is 0. The third-order valence-electron chi connectivity index (χ3n) is 2.70. The molecule has 5 heteroatoms. The number of hydrogen-bond acceptors (Lipinski definition) is 3. The van der Waals surface area contributed by atoms with Gasteiger partial charge in [0.25, 0.3) is 5.91 Å². The van der Waals surface area contributed by atoms with E-state index in [0.717, 1.165) is 9.13 Å². The average Bonchev–Trinajstić information content (AvgIpc) is 2.49. The van der Waals surface area contributed by atoms with E-state index in [1.54, 1.807) is 6.07 Å². The van der Waals surface area contributed by atoms with Crippen LogP contribution in [-0.2, 0) is 20.7 Å². The summed E-state index contributed by atoms with van der Waals surface area (Å²) < 4.78 is 5.90. The number of carbonyl (C=O) groups excluding carboxylic acids is 2. The Kier molecular flexibility index (Phi) is 5.74. The molecule has 0 spiro atoms. The van der Waals surface area contributed by atoms with Crippen molar-refractivity contribution in [1.29, 1.82) is 0 Å². The SMILES string of the molecule is O=C(COC(=O)Cc1ccccc1)Nc1ccccc1I. The first-order valence-corrected chi connectivity index (χ1v) is 7.47. The Balaban J connectivity index is 1.79. The summed E-state index contributed by atoms with van der Waals surface area (Å²) in [6.45, 7) is -0.281. The van der Waals surface area contributed by atoms with Gasteiger partial charge in [0.05, 0.1) is 12.1 Å². The van der Waals surface area contributed by atoms with E-state index in [-0.39, 0.29) is 18.9 Å². The molecule has 0 fully saturated rings. The van der Waals surface area contributed by atoms with Gasteiger partial charge in [-0.3, -0.25) is 9.59 Å². The number of nitrogens with one attached hydrogen (secondary N) is 1. The lowest BCUT2D eigenvalue weighted by molar-refractivity contribution is -0.146. The highest BCUT2D eigenvalue weighted by Gasteiger charge is 2.09. The average molecular weight is 395 g/mol. The number of benzene rings is 2. The van der Waals surface area contributed by atoms with Gasteiger partial charge in [0.2, 0.25) is 0 Å². The Labute approximate surface area is 136 Å². The van der Waals surface area contributed by atoms with Crippen LogP contribution in [0.5, 0.6) is 0 Å². The molecular weight excluding hydrogens is 381 g/mol. The van der Waals surface area contributed by atoms with Crippen molar-refractivity contribution in [2.24, 2.45) is 0 Å². The molecule has 0 atom stereocenters. The van der Waals surface area contributed by atoms with Crippen molar-refractivity contribution in [3.05, 3.63) is 63.7 Å². The number of hydrogen-bond donors (Lipinski definition) is 1. The van der Waals surface area contributed by atoms with Crippen LogP contribution in [0.25, 0.3) is 0 Å². The number of amides is 1. The van der Waals surface area contributed by atoms with Gasteiger partial charge in [-0.2, -0.15) is 0 Å². The highest BCUT2D eigenvalue weighted by atomic mass is 127. The molecular formula is C16H14INO3. The van der Waals surface area contributed by atoms with Crippen LogP contribution < -0.4 is 5.32 Å². The number of esters is 1. The van der Waals surface area contributed by atoms with Gasteiger partial charge in [-0.25, -0.2) is 0 Å². The lowest BCUT2D eigenvalue weighted by Crippen LogP contribution is -2.22. The van der Waals surface area contributed by atoms with Gasteiger partial charge < -0.3 is 10.1 Å². The van der Waals surface area contributed by atoms with Crippen LogP contribution >= 0.6 is 22.6 Å². The van der Waals surface area contributed by atoms with Gasteiger partial charge in [0.1, 0.15) is 0 Å². The molecule has 1 N–H and O–H groups in total. The minimum Gasteiger partial charge on any atom is -0.455 e. The molecule has 0 heterocycles. The molecule has 0 aliphatic heterocycles. The zero-order chi connectivity index (χ0) is 15.1. The smallest absolute Gasteiger partial charge is 0.310 e. The van der Waals surface area contributed by atoms with Crippen LogP contribution in [0.1, 0.15) is 5.56 Å². The van der Waals surface area contributed by atoms with Crippen molar-refractivity contribution in [1.82, 2.24) is 0 Å². The first kappa shape index (κ1) is 15.5. The van der Waals surface area contributed by atoms with Crippen molar-refractivity contribution >= 4 is 40.2 Å². The molecule has 1 amide bonds. The van der Waals surface area contributed by atoms with Crippen molar-refractivity contribution in [3.63, 3.8) is 0 Å². The predicted octanol–water partition coefficient (Wildman–Crippen LogP) is 3.02. The van der Waals surface area contributed by atoms with Gasteiger partial charge in [-0.1, -0.05) is 42.5 Å². The molecule has 108 valence electrons. The van der Waals surface area contributed by atoms with Crippen molar-refractivity contribution < 1.29 is 14.3 Å². The third-order valence-corrected chi connectivity index (χ3v) is 3.64.